The van der Waals surface area contributed by atoms with E-state index >= 15 is 0 Å². The van der Waals surface area contributed by atoms with Crippen molar-refractivity contribution in [2.24, 2.45) is 0 Å². The van der Waals surface area contributed by atoms with E-state index in [4.69, 9.17) is 0 Å². The third kappa shape index (κ3) is 1.81. The van der Waals surface area contributed by atoms with Crippen LogP contribution in [0.4, 0.5) is 8.78 Å². The van der Waals surface area contributed by atoms with E-state index in [-0.39, 0.29) is 0 Å². The van der Waals surface area contributed by atoms with E-state index in [0.29, 0.717) is 25.9 Å². The molecule has 12 heavy (non-hydrogen) atoms. The molecule has 0 aromatic heterocycles. The SMILES string of the molecule is CPCc1ccc(C)c(F)c1F. The highest BCUT2D eigenvalue weighted by Gasteiger charge is 2.09. The van der Waals surface area contributed by atoms with Crippen LogP contribution in [0.3, 0.4) is 0 Å². The van der Waals surface area contributed by atoms with Crippen LogP contribution >= 0.6 is 8.58 Å². The van der Waals surface area contributed by atoms with Crippen molar-refractivity contribution in [1.29, 1.82) is 0 Å². The van der Waals surface area contributed by atoms with Gasteiger partial charge in [-0.15, -0.1) is 8.58 Å². The maximum absolute atomic E-state index is 13.1. The Morgan fingerprint density at radius 2 is 1.92 bits per heavy atom. The Balaban J connectivity index is 3.08. The average molecular weight is 188 g/mol. The first-order valence-corrected chi connectivity index (χ1v) is 5.45. The van der Waals surface area contributed by atoms with Crippen molar-refractivity contribution >= 4 is 8.58 Å². The number of benzene rings is 1. The van der Waals surface area contributed by atoms with Gasteiger partial charge in [-0.2, -0.15) is 0 Å². The first kappa shape index (κ1) is 9.60. The lowest BCUT2D eigenvalue weighted by Gasteiger charge is -2.03. The van der Waals surface area contributed by atoms with Crippen LogP contribution in [0.1, 0.15) is 11.1 Å². The summed E-state index contributed by atoms with van der Waals surface area (Å²) in [7, 11) is 0.618. The van der Waals surface area contributed by atoms with Gasteiger partial charge in [-0.05, 0) is 30.9 Å². The number of hydrogen-bond donors (Lipinski definition) is 0. The molecule has 0 saturated carbocycles. The number of halogens is 2. The zero-order valence-electron chi connectivity index (χ0n) is 7.12. The highest BCUT2D eigenvalue weighted by molar-refractivity contribution is 7.36. The number of hydrogen-bond acceptors (Lipinski definition) is 0. The van der Waals surface area contributed by atoms with E-state index < -0.39 is 11.6 Å². The second-order valence-electron chi connectivity index (χ2n) is 2.70. The molecule has 66 valence electrons. The molecular formula is C9H11F2P. The molecule has 0 nitrogen and oxygen atoms in total. The maximum Gasteiger partial charge on any atom is 0.162 e. The van der Waals surface area contributed by atoms with Crippen molar-refractivity contribution in [3.63, 3.8) is 0 Å². The molecule has 0 radical (unpaired) electrons. The lowest BCUT2D eigenvalue weighted by Crippen LogP contribution is -1.94. The Bertz CT molecular complexity index is 284. The molecule has 0 heterocycles. The van der Waals surface area contributed by atoms with Gasteiger partial charge in [0.2, 0.25) is 0 Å². The smallest absolute Gasteiger partial charge is 0.162 e. The van der Waals surface area contributed by atoms with Gasteiger partial charge in [0.05, 0.1) is 0 Å². The van der Waals surface area contributed by atoms with Gasteiger partial charge in [0, 0.05) is 0 Å². The maximum atomic E-state index is 13.1. The summed E-state index contributed by atoms with van der Waals surface area (Å²) in [6, 6.07) is 3.28. The molecule has 1 aromatic rings. The predicted molar refractivity (Wildman–Crippen MR) is 49.0 cm³/mol. The fraction of sp³-hybridized carbons (Fsp3) is 0.333. The van der Waals surface area contributed by atoms with Gasteiger partial charge in [-0.25, -0.2) is 8.78 Å². The van der Waals surface area contributed by atoms with Gasteiger partial charge in [0.1, 0.15) is 0 Å². The molecule has 0 N–H and O–H groups in total. The summed E-state index contributed by atoms with van der Waals surface area (Å²) in [5.74, 6) is -1.38. The largest absolute Gasteiger partial charge is 0.203 e. The van der Waals surface area contributed by atoms with Gasteiger partial charge in [-0.3, -0.25) is 0 Å². The van der Waals surface area contributed by atoms with Crippen LogP contribution in [0.25, 0.3) is 0 Å². The first-order chi connectivity index (χ1) is 5.66. The molecule has 0 fully saturated rings. The fourth-order valence-corrected chi connectivity index (χ4v) is 1.67. The van der Waals surface area contributed by atoms with Gasteiger partial charge < -0.3 is 0 Å². The molecule has 1 atom stereocenters. The van der Waals surface area contributed by atoms with E-state index in [1.54, 1.807) is 19.1 Å². The minimum Gasteiger partial charge on any atom is -0.203 e. The standard InChI is InChI=1S/C9H11F2P/c1-6-3-4-7(5-12-2)9(11)8(6)10/h3-4,12H,5H2,1-2H3. The van der Waals surface area contributed by atoms with Crippen molar-refractivity contribution in [2.45, 2.75) is 13.1 Å². The minimum absolute atomic E-state index is 0.371. The molecule has 1 rings (SSSR count). The van der Waals surface area contributed by atoms with Gasteiger partial charge in [-0.1, -0.05) is 12.1 Å². The molecule has 0 amide bonds. The molecular weight excluding hydrogens is 177 g/mol. The van der Waals surface area contributed by atoms with Crippen LogP contribution < -0.4 is 0 Å². The molecule has 3 heteroatoms. The molecule has 0 aliphatic rings. The summed E-state index contributed by atoms with van der Waals surface area (Å²) in [5, 5.41) is 0. The molecule has 0 saturated heterocycles. The number of aryl methyl sites for hydroxylation is 1. The lowest BCUT2D eigenvalue weighted by molar-refractivity contribution is 0.497. The Hall–Kier alpha value is -0.490. The van der Waals surface area contributed by atoms with Gasteiger partial charge >= 0.3 is 0 Å². The van der Waals surface area contributed by atoms with E-state index in [1.165, 1.54) is 0 Å². The van der Waals surface area contributed by atoms with Crippen molar-refractivity contribution < 1.29 is 8.78 Å². The van der Waals surface area contributed by atoms with Crippen LogP contribution in [0.2, 0.25) is 0 Å². The Labute approximate surface area is 72.8 Å². The quantitative estimate of drug-likeness (QED) is 0.625. The van der Waals surface area contributed by atoms with Gasteiger partial charge in [0.25, 0.3) is 0 Å². The zero-order valence-corrected chi connectivity index (χ0v) is 8.12. The predicted octanol–water partition coefficient (Wildman–Crippen LogP) is 3.08. The van der Waals surface area contributed by atoms with Crippen LogP contribution in [0, 0.1) is 18.6 Å². The Morgan fingerprint density at radius 3 is 2.50 bits per heavy atom. The Morgan fingerprint density at radius 1 is 1.25 bits per heavy atom. The summed E-state index contributed by atoms with van der Waals surface area (Å²) in [6.07, 6.45) is 0.628. The normalized spacial score (nSPS) is 11.3. The van der Waals surface area contributed by atoms with Crippen LogP contribution in [-0.2, 0) is 6.16 Å². The summed E-state index contributed by atoms with van der Waals surface area (Å²) in [4.78, 5) is 0. The average Bonchev–Trinajstić information content (AvgIpc) is 2.07. The third-order valence-electron chi connectivity index (χ3n) is 1.72. The Kier molecular flexibility index (Phi) is 3.16. The second kappa shape index (κ2) is 3.95. The van der Waals surface area contributed by atoms with E-state index in [9.17, 15) is 8.78 Å². The van der Waals surface area contributed by atoms with Crippen LogP contribution in [-0.4, -0.2) is 6.66 Å². The fourth-order valence-electron chi connectivity index (χ4n) is 1.01. The van der Waals surface area contributed by atoms with E-state index in [1.807, 2.05) is 6.66 Å². The summed E-state index contributed by atoms with van der Waals surface area (Å²) >= 11 is 0. The summed E-state index contributed by atoms with van der Waals surface area (Å²) in [6.45, 7) is 3.54. The molecule has 0 aliphatic heterocycles. The summed E-state index contributed by atoms with van der Waals surface area (Å²) in [5.41, 5.74) is 0.856. The number of rotatable bonds is 2. The highest BCUT2D eigenvalue weighted by Crippen LogP contribution is 2.21. The topological polar surface area (TPSA) is 0 Å². The lowest BCUT2D eigenvalue weighted by atomic mass is 10.1. The van der Waals surface area contributed by atoms with E-state index in [0.717, 1.165) is 0 Å². The molecule has 1 unspecified atom stereocenters. The molecule has 0 aliphatic carbocycles. The monoisotopic (exact) mass is 188 g/mol. The van der Waals surface area contributed by atoms with Gasteiger partial charge in [0.15, 0.2) is 11.6 Å². The second-order valence-corrected chi connectivity index (χ2v) is 3.76. The van der Waals surface area contributed by atoms with Crippen molar-refractivity contribution in [3.05, 3.63) is 34.9 Å². The van der Waals surface area contributed by atoms with E-state index in [2.05, 4.69) is 0 Å². The summed E-state index contributed by atoms with van der Waals surface area (Å²) < 4.78 is 26.0. The first-order valence-electron chi connectivity index (χ1n) is 3.75. The highest BCUT2D eigenvalue weighted by atomic mass is 31.1. The van der Waals surface area contributed by atoms with Crippen molar-refractivity contribution in [3.8, 4) is 0 Å². The molecule has 0 bridgehead atoms. The molecule has 1 aromatic carbocycles. The molecule has 0 spiro atoms. The van der Waals surface area contributed by atoms with Crippen molar-refractivity contribution in [2.75, 3.05) is 6.66 Å². The minimum atomic E-state index is -0.703. The van der Waals surface area contributed by atoms with Crippen LogP contribution in [0.15, 0.2) is 12.1 Å². The third-order valence-corrected chi connectivity index (χ3v) is 2.46. The van der Waals surface area contributed by atoms with Crippen LogP contribution in [0.5, 0.6) is 0 Å². The van der Waals surface area contributed by atoms with Crippen molar-refractivity contribution in [1.82, 2.24) is 0 Å². The zero-order chi connectivity index (χ0) is 9.14.